The summed E-state index contributed by atoms with van der Waals surface area (Å²) in [5, 5.41) is 21.9. The molecule has 3 rings (SSSR count). The van der Waals surface area contributed by atoms with Gasteiger partial charge in [-0.15, -0.1) is 10.2 Å². The van der Waals surface area contributed by atoms with Crippen molar-refractivity contribution in [3.63, 3.8) is 0 Å². The van der Waals surface area contributed by atoms with Crippen LogP contribution in [-0.2, 0) is 6.54 Å². The minimum atomic E-state index is -1.20. The molecule has 0 aliphatic carbocycles. The van der Waals surface area contributed by atoms with Gasteiger partial charge in [-0.05, 0) is 11.3 Å². The molecule has 5 nitrogen and oxygen atoms in total. The number of benzene rings is 2. The molecule has 1 aromatic heterocycles. The molecule has 1 N–H and O–H groups in total. The summed E-state index contributed by atoms with van der Waals surface area (Å²) in [6.45, 7) is -0.0810. The van der Waals surface area contributed by atoms with Crippen LogP contribution in [0.2, 0.25) is 0 Å². The Bertz CT molecular complexity index is 776. The van der Waals surface area contributed by atoms with Crippen LogP contribution in [-0.4, -0.2) is 25.3 Å². The zero-order chi connectivity index (χ0) is 15.5. The Labute approximate surface area is 124 Å². The molecule has 0 bridgehead atoms. The number of rotatable bonds is 4. The molecule has 0 aliphatic heterocycles. The first kappa shape index (κ1) is 14.3. The predicted octanol–water partition coefficient (Wildman–Crippen LogP) is 2.35. The molecule has 0 saturated carbocycles. The minimum absolute atomic E-state index is 0.0139. The fourth-order valence-corrected chi connectivity index (χ4v) is 2.05. The summed E-state index contributed by atoms with van der Waals surface area (Å²) in [4.78, 5) is 1.18. The number of hydrogen-bond acceptors (Lipinski definition) is 4. The molecule has 0 fully saturated rings. The van der Waals surface area contributed by atoms with E-state index in [9.17, 15) is 13.9 Å². The lowest BCUT2D eigenvalue weighted by atomic mass is 10.1. The molecule has 1 atom stereocenters. The molecule has 0 saturated heterocycles. The van der Waals surface area contributed by atoms with Crippen LogP contribution in [0.5, 0.6) is 0 Å². The van der Waals surface area contributed by atoms with Crippen molar-refractivity contribution in [2.45, 2.75) is 12.6 Å². The first-order chi connectivity index (χ1) is 10.6. The highest BCUT2D eigenvalue weighted by Crippen LogP contribution is 2.19. The van der Waals surface area contributed by atoms with E-state index in [2.05, 4.69) is 15.4 Å². The van der Waals surface area contributed by atoms with Crippen molar-refractivity contribution in [3.05, 3.63) is 65.7 Å². The fraction of sp³-hybridized carbons (Fsp3) is 0.133. The first-order valence-corrected chi connectivity index (χ1v) is 6.60. The summed E-state index contributed by atoms with van der Waals surface area (Å²) < 4.78 is 26.5. The Morgan fingerprint density at radius 1 is 1.09 bits per heavy atom. The lowest BCUT2D eigenvalue weighted by molar-refractivity contribution is 0.140. The maximum atomic E-state index is 13.6. The zero-order valence-corrected chi connectivity index (χ0v) is 11.4. The van der Waals surface area contributed by atoms with Gasteiger partial charge in [-0.2, -0.15) is 4.80 Å². The quantitative estimate of drug-likeness (QED) is 0.803. The molecule has 2 aromatic carbocycles. The summed E-state index contributed by atoms with van der Waals surface area (Å²) in [5.74, 6) is -1.10. The monoisotopic (exact) mass is 302 g/mol. The van der Waals surface area contributed by atoms with Gasteiger partial charge in [-0.1, -0.05) is 36.4 Å². The Morgan fingerprint density at radius 2 is 1.86 bits per heavy atom. The number of aliphatic hydroxyl groups excluding tert-OH is 1. The van der Waals surface area contributed by atoms with E-state index in [1.165, 1.54) is 10.9 Å². The second-order valence-electron chi connectivity index (χ2n) is 4.72. The molecule has 1 heterocycles. The van der Waals surface area contributed by atoms with E-state index in [-0.39, 0.29) is 12.1 Å². The van der Waals surface area contributed by atoms with E-state index in [1.54, 1.807) is 0 Å². The van der Waals surface area contributed by atoms with Crippen LogP contribution in [0.4, 0.5) is 8.78 Å². The van der Waals surface area contributed by atoms with Gasteiger partial charge < -0.3 is 5.11 Å². The average Bonchev–Trinajstić information content (AvgIpc) is 2.96. The second kappa shape index (κ2) is 5.98. The van der Waals surface area contributed by atoms with Crippen LogP contribution < -0.4 is 0 Å². The maximum absolute atomic E-state index is 13.6. The van der Waals surface area contributed by atoms with Crippen LogP contribution in [0.15, 0.2) is 48.5 Å². The van der Waals surface area contributed by atoms with Crippen molar-refractivity contribution in [3.8, 4) is 11.4 Å². The summed E-state index contributed by atoms with van der Waals surface area (Å²) in [6.07, 6.45) is -1.20. The van der Waals surface area contributed by atoms with Crippen molar-refractivity contribution >= 4 is 0 Å². The largest absolute Gasteiger partial charge is 0.386 e. The molecule has 3 aromatic rings. The van der Waals surface area contributed by atoms with Gasteiger partial charge in [0.25, 0.3) is 0 Å². The third-order valence-corrected chi connectivity index (χ3v) is 3.14. The van der Waals surface area contributed by atoms with Gasteiger partial charge in [0.15, 0.2) is 0 Å². The molecule has 7 heteroatoms. The number of aromatic nitrogens is 4. The molecular weight excluding hydrogens is 290 g/mol. The van der Waals surface area contributed by atoms with Gasteiger partial charge in [0.2, 0.25) is 5.82 Å². The van der Waals surface area contributed by atoms with Crippen molar-refractivity contribution in [2.75, 3.05) is 0 Å². The SMILES string of the molecule is OC(Cn1nnc(-c2ccccc2)n1)c1ccc(F)cc1F. The Morgan fingerprint density at radius 3 is 2.59 bits per heavy atom. The van der Waals surface area contributed by atoms with Gasteiger partial charge in [0.1, 0.15) is 17.7 Å². The van der Waals surface area contributed by atoms with Crippen molar-refractivity contribution < 1.29 is 13.9 Å². The summed E-state index contributed by atoms with van der Waals surface area (Å²) in [7, 11) is 0. The predicted molar refractivity (Wildman–Crippen MR) is 74.6 cm³/mol. The lowest BCUT2D eigenvalue weighted by Crippen LogP contribution is -2.13. The van der Waals surface area contributed by atoms with Crippen molar-refractivity contribution in [1.82, 2.24) is 20.2 Å². The number of aliphatic hydroxyl groups is 1. The maximum Gasteiger partial charge on any atom is 0.204 e. The van der Waals surface area contributed by atoms with E-state index in [1.807, 2.05) is 30.3 Å². The molecule has 1 unspecified atom stereocenters. The standard InChI is InChI=1S/C15H12F2N4O/c16-11-6-7-12(13(17)8-11)14(22)9-21-19-15(18-20-21)10-4-2-1-3-5-10/h1-8,14,22H,9H2. The van der Waals surface area contributed by atoms with Gasteiger partial charge in [0.05, 0.1) is 6.54 Å². The highest BCUT2D eigenvalue weighted by Gasteiger charge is 2.16. The van der Waals surface area contributed by atoms with E-state index >= 15 is 0 Å². The van der Waals surface area contributed by atoms with E-state index in [0.29, 0.717) is 5.82 Å². The third-order valence-electron chi connectivity index (χ3n) is 3.14. The summed E-state index contributed by atoms with van der Waals surface area (Å²) in [6, 6.07) is 12.2. The first-order valence-electron chi connectivity index (χ1n) is 6.60. The average molecular weight is 302 g/mol. The number of hydrogen-bond donors (Lipinski definition) is 1. The number of nitrogens with zero attached hydrogens (tertiary/aromatic N) is 4. The zero-order valence-electron chi connectivity index (χ0n) is 11.4. The topological polar surface area (TPSA) is 63.8 Å². The molecule has 0 spiro atoms. The second-order valence-corrected chi connectivity index (χ2v) is 4.72. The fourth-order valence-electron chi connectivity index (χ4n) is 2.05. The van der Waals surface area contributed by atoms with Gasteiger partial charge in [-0.3, -0.25) is 0 Å². The molecule has 0 amide bonds. The molecule has 22 heavy (non-hydrogen) atoms. The normalized spacial score (nSPS) is 12.3. The van der Waals surface area contributed by atoms with Crippen LogP contribution in [0.3, 0.4) is 0 Å². The lowest BCUT2D eigenvalue weighted by Gasteiger charge is -2.10. The summed E-state index contributed by atoms with van der Waals surface area (Å²) in [5.41, 5.74) is 0.774. The smallest absolute Gasteiger partial charge is 0.204 e. The van der Waals surface area contributed by atoms with E-state index in [0.717, 1.165) is 17.7 Å². The van der Waals surface area contributed by atoms with Crippen LogP contribution in [0, 0.1) is 11.6 Å². The van der Waals surface area contributed by atoms with Crippen LogP contribution in [0.1, 0.15) is 11.7 Å². The number of halogens is 2. The van der Waals surface area contributed by atoms with Crippen molar-refractivity contribution in [1.29, 1.82) is 0 Å². The highest BCUT2D eigenvalue weighted by molar-refractivity contribution is 5.52. The highest BCUT2D eigenvalue weighted by atomic mass is 19.1. The minimum Gasteiger partial charge on any atom is -0.386 e. The molecule has 0 radical (unpaired) electrons. The van der Waals surface area contributed by atoms with Gasteiger partial charge in [0, 0.05) is 17.2 Å². The Balaban J connectivity index is 1.77. The number of tetrazole rings is 1. The van der Waals surface area contributed by atoms with E-state index in [4.69, 9.17) is 0 Å². The van der Waals surface area contributed by atoms with Crippen molar-refractivity contribution in [2.24, 2.45) is 0 Å². The Kier molecular flexibility index (Phi) is 3.88. The van der Waals surface area contributed by atoms with E-state index < -0.39 is 17.7 Å². The molecular formula is C15H12F2N4O. The van der Waals surface area contributed by atoms with Gasteiger partial charge in [-0.25, -0.2) is 8.78 Å². The molecule has 112 valence electrons. The van der Waals surface area contributed by atoms with Crippen LogP contribution in [0.25, 0.3) is 11.4 Å². The van der Waals surface area contributed by atoms with Crippen LogP contribution >= 0.6 is 0 Å². The Hall–Kier alpha value is -2.67. The summed E-state index contributed by atoms with van der Waals surface area (Å²) >= 11 is 0. The molecule has 0 aliphatic rings. The van der Waals surface area contributed by atoms with Gasteiger partial charge >= 0.3 is 0 Å². The third kappa shape index (κ3) is 2.99.